The van der Waals surface area contributed by atoms with Crippen LogP contribution in [0.3, 0.4) is 0 Å². The normalized spacial score (nSPS) is 22.6. The minimum Gasteiger partial charge on any atom is -0.489 e. The molecule has 3 rings (SSSR count). The van der Waals surface area contributed by atoms with Crippen molar-refractivity contribution in [1.82, 2.24) is 9.88 Å². The molecule has 1 aliphatic carbocycles. The van der Waals surface area contributed by atoms with Crippen molar-refractivity contribution in [2.24, 2.45) is 11.8 Å². The van der Waals surface area contributed by atoms with E-state index in [0.29, 0.717) is 24.0 Å². The van der Waals surface area contributed by atoms with Gasteiger partial charge in [-0.05, 0) is 50.3 Å². The minimum atomic E-state index is 0.282. The van der Waals surface area contributed by atoms with Crippen LogP contribution in [0.5, 0.6) is 5.75 Å². The third kappa shape index (κ3) is 10.3. The van der Waals surface area contributed by atoms with Gasteiger partial charge in [-0.25, -0.2) is 0 Å². The van der Waals surface area contributed by atoms with Gasteiger partial charge in [0.15, 0.2) is 0 Å². The van der Waals surface area contributed by atoms with Crippen molar-refractivity contribution in [3.63, 3.8) is 0 Å². The molecular formula is C26H48N2O3. The van der Waals surface area contributed by atoms with E-state index in [4.69, 9.17) is 14.2 Å². The molecule has 5 heteroatoms. The molecule has 0 amide bonds. The summed E-state index contributed by atoms with van der Waals surface area (Å²) in [6.45, 7) is 15.7. The summed E-state index contributed by atoms with van der Waals surface area (Å²) in [5, 5.41) is 0. The molecule has 2 fully saturated rings. The van der Waals surface area contributed by atoms with Crippen LogP contribution in [0.15, 0.2) is 18.3 Å². The van der Waals surface area contributed by atoms with E-state index in [1.54, 1.807) is 7.11 Å². The molecule has 1 aromatic rings. The summed E-state index contributed by atoms with van der Waals surface area (Å²) in [5.41, 5.74) is 1.15. The Bertz CT molecular complexity index is 554. The first kappa shape index (κ1) is 27.9. The third-order valence-corrected chi connectivity index (χ3v) is 5.84. The molecule has 1 aliphatic heterocycles. The van der Waals surface area contributed by atoms with Crippen molar-refractivity contribution in [2.75, 3.05) is 33.9 Å². The maximum Gasteiger partial charge on any atom is 0.138 e. The van der Waals surface area contributed by atoms with Gasteiger partial charge in [-0.2, -0.15) is 0 Å². The van der Waals surface area contributed by atoms with Crippen molar-refractivity contribution in [2.45, 2.75) is 92.0 Å². The highest BCUT2D eigenvalue weighted by Gasteiger charge is 2.30. The molecule has 0 spiro atoms. The highest BCUT2D eigenvalue weighted by Crippen LogP contribution is 2.28. The molecule has 0 N–H and O–H groups in total. The monoisotopic (exact) mass is 436 g/mol. The fourth-order valence-electron chi connectivity index (χ4n) is 4.03. The van der Waals surface area contributed by atoms with Gasteiger partial charge in [-0.1, -0.05) is 41.5 Å². The van der Waals surface area contributed by atoms with E-state index < -0.39 is 0 Å². The molecule has 0 bridgehead atoms. The fraction of sp³-hybridized carbons (Fsp3) is 0.808. The summed E-state index contributed by atoms with van der Waals surface area (Å²) in [6, 6.07) is 4.17. The molecule has 5 nitrogen and oxygen atoms in total. The van der Waals surface area contributed by atoms with Gasteiger partial charge in [0.1, 0.15) is 11.9 Å². The summed E-state index contributed by atoms with van der Waals surface area (Å²) in [5.74, 6) is 2.19. The topological polar surface area (TPSA) is 43.8 Å². The van der Waals surface area contributed by atoms with E-state index in [-0.39, 0.29) is 6.10 Å². The standard InChI is InChI=1S/C22H36N2O3.2C2H6/c1-16(7-8-26-22-14-24(3)15-22)9-17(2)10-18-5-6-19(13-23-18)27-21-11-20(12-21)25-4;2*1-2/h5-6,13,16-17,20-22H,7-12,14-15H2,1-4H3;2*1-2H3. The van der Waals surface area contributed by atoms with Crippen molar-refractivity contribution in [1.29, 1.82) is 0 Å². The van der Waals surface area contributed by atoms with Crippen molar-refractivity contribution in [3.8, 4) is 5.75 Å². The Morgan fingerprint density at radius 1 is 1.00 bits per heavy atom. The molecule has 1 aromatic heterocycles. The average molecular weight is 437 g/mol. The molecule has 1 saturated heterocycles. The highest BCUT2D eigenvalue weighted by molar-refractivity contribution is 5.20. The van der Waals surface area contributed by atoms with Gasteiger partial charge < -0.3 is 19.1 Å². The van der Waals surface area contributed by atoms with E-state index >= 15 is 0 Å². The van der Waals surface area contributed by atoms with E-state index in [1.165, 1.54) is 6.42 Å². The molecule has 31 heavy (non-hydrogen) atoms. The van der Waals surface area contributed by atoms with Crippen LogP contribution in [-0.4, -0.2) is 62.0 Å². The number of nitrogens with zero attached hydrogens (tertiary/aromatic N) is 2. The van der Waals surface area contributed by atoms with Gasteiger partial charge >= 0.3 is 0 Å². The van der Waals surface area contributed by atoms with Crippen LogP contribution in [-0.2, 0) is 15.9 Å². The van der Waals surface area contributed by atoms with Crippen LogP contribution in [0.2, 0.25) is 0 Å². The first-order chi connectivity index (χ1) is 15.0. The van der Waals surface area contributed by atoms with Gasteiger partial charge in [0.2, 0.25) is 0 Å². The predicted molar refractivity (Wildman–Crippen MR) is 130 cm³/mol. The number of ether oxygens (including phenoxy) is 3. The Morgan fingerprint density at radius 3 is 2.23 bits per heavy atom. The number of rotatable bonds is 11. The van der Waals surface area contributed by atoms with Crippen LogP contribution in [0.4, 0.5) is 0 Å². The lowest BCUT2D eigenvalue weighted by Gasteiger charge is -2.36. The minimum absolute atomic E-state index is 0.282. The number of likely N-dealkylation sites (tertiary alicyclic amines) is 1. The van der Waals surface area contributed by atoms with Gasteiger partial charge in [0.05, 0.1) is 18.4 Å². The van der Waals surface area contributed by atoms with Crippen molar-refractivity contribution >= 4 is 0 Å². The number of hydrogen-bond donors (Lipinski definition) is 0. The zero-order chi connectivity index (χ0) is 23.2. The molecule has 0 aromatic carbocycles. The summed E-state index contributed by atoms with van der Waals surface area (Å²) < 4.78 is 17.1. The van der Waals surface area contributed by atoms with Gasteiger partial charge in [-0.3, -0.25) is 4.98 Å². The SMILES string of the molecule is CC.CC.COC1CC(Oc2ccc(CC(C)CC(C)CCOC3CN(C)C3)nc2)C1. The van der Waals surface area contributed by atoms with Crippen LogP contribution >= 0.6 is 0 Å². The summed E-state index contributed by atoms with van der Waals surface area (Å²) in [4.78, 5) is 6.90. The van der Waals surface area contributed by atoms with E-state index in [2.05, 4.69) is 42.9 Å². The second kappa shape index (κ2) is 15.6. The maximum atomic E-state index is 5.93. The van der Waals surface area contributed by atoms with Gasteiger partial charge in [-0.15, -0.1) is 0 Å². The van der Waals surface area contributed by atoms with Gasteiger partial charge in [0, 0.05) is 45.3 Å². The van der Waals surface area contributed by atoms with E-state index in [1.807, 2.05) is 33.9 Å². The number of hydrogen-bond acceptors (Lipinski definition) is 5. The molecule has 180 valence electrons. The van der Waals surface area contributed by atoms with Crippen LogP contribution < -0.4 is 4.74 Å². The Labute approximate surface area is 191 Å². The zero-order valence-electron chi connectivity index (χ0n) is 21.4. The number of pyridine rings is 1. The van der Waals surface area contributed by atoms with Crippen LogP contribution in [0.1, 0.15) is 72.9 Å². The second-order valence-electron chi connectivity index (χ2n) is 8.71. The Hall–Kier alpha value is -1.17. The summed E-state index contributed by atoms with van der Waals surface area (Å²) in [7, 11) is 3.90. The number of likely N-dealkylation sites (N-methyl/N-ethyl adjacent to an activating group) is 1. The molecule has 2 heterocycles. The lowest BCUT2D eigenvalue weighted by atomic mass is 9.91. The molecule has 2 unspecified atom stereocenters. The lowest BCUT2D eigenvalue weighted by molar-refractivity contribution is -0.0469. The smallest absolute Gasteiger partial charge is 0.138 e. The van der Waals surface area contributed by atoms with E-state index in [0.717, 1.165) is 56.8 Å². The average Bonchev–Trinajstić information content (AvgIpc) is 2.73. The fourth-order valence-corrected chi connectivity index (χ4v) is 4.03. The van der Waals surface area contributed by atoms with Crippen molar-refractivity contribution < 1.29 is 14.2 Å². The largest absolute Gasteiger partial charge is 0.489 e. The summed E-state index contributed by atoms with van der Waals surface area (Å²) >= 11 is 0. The number of aromatic nitrogens is 1. The van der Waals surface area contributed by atoms with Crippen LogP contribution in [0, 0.1) is 11.8 Å². The molecule has 1 saturated carbocycles. The second-order valence-corrected chi connectivity index (χ2v) is 8.71. The third-order valence-electron chi connectivity index (χ3n) is 5.84. The van der Waals surface area contributed by atoms with Crippen molar-refractivity contribution in [3.05, 3.63) is 24.0 Å². The molecule has 2 aliphatic rings. The Kier molecular flexibility index (Phi) is 14.0. The first-order valence-electron chi connectivity index (χ1n) is 12.5. The maximum absolute atomic E-state index is 5.93. The Balaban J connectivity index is 0.00000113. The zero-order valence-corrected chi connectivity index (χ0v) is 21.4. The van der Waals surface area contributed by atoms with Crippen LogP contribution in [0.25, 0.3) is 0 Å². The van der Waals surface area contributed by atoms with E-state index in [9.17, 15) is 0 Å². The highest BCUT2D eigenvalue weighted by atomic mass is 16.5. The molecular weight excluding hydrogens is 388 g/mol. The summed E-state index contributed by atoms with van der Waals surface area (Å²) in [6.07, 6.45) is 8.33. The number of methoxy groups -OCH3 is 1. The Morgan fingerprint density at radius 2 is 1.68 bits per heavy atom. The first-order valence-corrected chi connectivity index (χ1v) is 12.5. The molecule has 0 radical (unpaired) electrons. The quantitative estimate of drug-likeness (QED) is 0.451. The predicted octanol–water partition coefficient (Wildman–Crippen LogP) is 5.62. The lowest BCUT2D eigenvalue weighted by Crippen LogP contribution is -2.49. The van der Waals surface area contributed by atoms with Gasteiger partial charge in [0.25, 0.3) is 0 Å². The molecule has 2 atom stereocenters.